The molecular formula is C20H24F2N4O. The second kappa shape index (κ2) is 5.22. The average Bonchev–Trinajstić information content (AvgIpc) is 3.43. The van der Waals surface area contributed by atoms with E-state index in [2.05, 4.69) is 0 Å². The smallest absolute Gasteiger partial charge is 0.194 e. The molecule has 0 amide bonds. The van der Waals surface area contributed by atoms with E-state index in [0.29, 0.717) is 41.8 Å². The fourth-order valence-corrected chi connectivity index (χ4v) is 4.92. The van der Waals surface area contributed by atoms with Crippen molar-refractivity contribution in [3.05, 3.63) is 33.4 Å². The number of hydrogen-bond acceptors (Lipinski definition) is 4. The monoisotopic (exact) mass is 374 g/mol. The van der Waals surface area contributed by atoms with Gasteiger partial charge in [0.05, 0.1) is 28.3 Å². The van der Waals surface area contributed by atoms with Crippen LogP contribution in [0.5, 0.6) is 0 Å². The Labute approximate surface area is 155 Å². The second-order valence-corrected chi connectivity index (χ2v) is 8.64. The summed E-state index contributed by atoms with van der Waals surface area (Å²) in [7, 11) is 0. The molecule has 3 fully saturated rings. The maximum atomic E-state index is 15.3. The van der Waals surface area contributed by atoms with Gasteiger partial charge in [-0.1, -0.05) is 0 Å². The van der Waals surface area contributed by atoms with Gasteiger partial charge in [-0.05, 0) is 32.3 Å². The number of hydrogen-bond donors (Lipinski definition) is 2. The molecular weight excluding hydrogens is 350 g/mol. The number of aromatic nitrogens is 1. The van der Waals surface area contributed by atoms with Crippen LogP contribution in [-0.2, 0) is 0 Å². The van der Waals surface area contributed by atoms with E-state index in [0.717, 1.165) is 12.8 Å². The normalized spacial score (nSPS) is 31.9. The molecule has 27 heavy (non-hydrogen) atoms. The highest BCUT2D eigenvalue weighted by Crippen LogP contribution is 2.53. The van der Waals surface area contributed by atoms with Gasteiger partial charge < -0.3 is 20.9 Å². The molecule has 1 aromatic heterocycles. The molecule has 4 unspecified atom stereocenters. The summed E-state index contributed by atoms with van der Waals surface area (Å²) in [6.45, 7) is 4.87. The fraction of sp³-hybridized carbons (Fsp3) is 0.550. The Hall–Kier alpha value is -2.15. The summed E-state index contributed by atoms with van der Waals surface area (Å²) in [6, 6.07) is -0.145. The number of pyridine rings is 1. The van der Waals surface area contributed by atoms with Crippen molar-refractivity contribution < 1.29 is 8.78 Å². The second-order valence-electron chi connectivity index (χ2n) is 8.64. The van der Waals surface area contributed by atoms with E-state index >= 15 is 4.39 Å². The first-order chi connectivity index (χ1) is 12.7. The van der Waals surface area contributed by atoms with Crippen LogP contribution in [0.25, 0.3) is 10.9 Å². The highest BCUT2D eigenvalue weighted by molar-refractivity contribution is 5.98. The largest absolute Gasteiger partial charge is 0.396 e. The lowest BCUT2D eigenvalue weighted by Crippen LogP contribution is -2.26. The van der Waals surface area contributed by atoms with Crippen molar-refractivity contribution >= 4 is 22.3 Å². The third-order valence-corrected chi connectivity index (χ3v) is 6.83. The molecule has 0 radical (unpaired) electrons. The number of nitrogen functional groups attached to an aromatic ring is 1. The summed E-state index contributed by atoms with van der Waals surface area (Å²) in [5, 5.41) is 0.171. The SMILES string of the molecule is Cc1cn(C2CC2F)c2c(C)c(N3CCC4(CC4N)C3)c(F)c(N)c2c1=O. The van der Waals surface area contributed by atoms with Gasteiger partial charge in [-0.25, -0.2) is 8.78 Å². The fourth-order valence-electron chi connectivity index (χ4n) is 4.92. The number of nitrogens with two attached hydrogens (primary N) is 2. The van der Waals surface area contributed by atoms with Crippen LogP contribution in [0.1, 0.15) is 36.4 Å². The molecule has 3 aliphatic rings. The molecule has 1 aliphatic heterocycles. The van der Waals surface area contributed by atoms with Crippen LogP contribution in [0.15, 0.2) is 11.0 Å². The van der Waals surface area contributed by atoms with Crippen LogP contribution >= 0.6 is 0 Å². The summed E-state index contributed by atoms with van der Waals surface area (Å²) in [5.74, 6) is -0.548. The van der Waals surface area contributed by atoms with E-state index in [1.165, 1.54) is 0 Å². The van der Waals surface area contributed by atoms with Gasteiger partial charge in [0.25, 0.3) is 0 Å². The Morgan fingerprint density at radius 2 is 2.00 bits per heavy atom. The van der Waals surface area contributed by atoms with E-state index in [9.17, 15) is 9.18 Å². The Bertz CT molecular complexity index is 1050. The van der Waals surface area contributed by atoms with Crippen LogP contribution in [0.4, 0.5) is 20.2 Å². The molecule has 5 rings (SSSR count). The molecule has 4 N–H and O–H groups in total. The molecule has 4 atom stereocenters. The predicted molar refractivity (Wildman–Crippen MR) is 102 cm³/mol. The zero-order chi connectivity index (χ0) is 19.2. The van der Waals surface area contributed by atoms with Crippen LogP contribution in [0.2, 0.25) is 0 Å². The topological polar surface area (TPSA) is 77.3 Å². The number of anilines is 2. The highest BCUT2D eigenvalue weighted by atomic mass is 19.1. The number of benzene rings is 1. The van der Waals surface area contributed by atoms with E-state index < -0.39 is 12.0 Å². The molecule has 5 nitrogen and oxygen atoms in total. The Morgan fingerprint density at radius 1 is 1.33 bits per heavy atom. The average molecular weight is 374 g/mol. The third-order valence-electron chi connectivity index (χ3n) is 6.83. The molecule has 2 aliphatic carbocycles. The summed E-state index contributed by atoms with van der Waals surface area (Å²) in [5.41, 5.74) is 14.0. The van der Waals surface area contributed by atoms with Crippen molar-refractivity contribution in [2.75, 3.05) is 23.7 Å². The Morgan fingerprint density at radius 3 is 2.56 bits per heavy atom. The first-order valence-electron chi connectivity index (χ1n) is 9.53. The van der Waals surface area contributed by atoms with Crippen molar-refractivity contribution in [1.82, 2.24) is 4.57 Å². The van der Waals surface area contributed by atoms with Gasteiger partial charge in [-0.2, -0.15) is 0 Å². The van der Waals surface area contributed by atoms with E-state index in [4.69, 9.17) is 11.5 Å². The standard InChI is InChI=1S/C20H24F2N4O/c1-9-7-26(12-5-11(12)21)17-10(2)18(15(22)16(24)14(17)19(9)27)25-4-3-20(8-25)6-13(20)23/h7,11-13H,3-6,8,23-24H2,1-2H3. The lowest BCUT2D eigenvalue weighted by atomic mass is 10.0. The summed E-state index contributed by atoms with van der Waals surface area (Å²) in [6.07, 6.45) is 3.05. The van der Waals surface area contributed by atoms with Gasteiger partial charge in [0, 0.05) is 42.7 Å². The minimum absolute atomic E-state index is 0.0794. The molecule has 1 aromatic carbocycles. The van der Waals surface area contributed by atoms with Gasteiger partial charge in [-0.15, -0.1) is 0 Å². The van der Waals surface area contributed by atoms with Gasteiger partial charge in [-0.3, -0.25) is 4.79 Å². The highest BCUT2D eigenvalue weighted by Gasteiger charge is 2.56. The maximum Gasteiger partial charge on any atom is 0.194 e. The van der Waals surface area contributed by atoms with Crippen molar-refractivity contribution in [2.24, 2.45) is 11.1 Å². The lowest BCUT2D eigenvalue weighted by Gasteiger charge is -2.25. The first kappa shape index (κ1) is 17.0. The minimum Gasteiger partial charge on any atom is -0.396 e. The van der Waals surface area contributed by atoms with E-state index in [1.54, 1.807) is 24.6 Å². The van der Waals surface area contributed by atoms with Crippen LogP contribution < -0.4 is 21.8 Å². The molecule has 2 saturated carbocycles. The van der Waals surface area contributed by atoms with Gasteiger partial charge in [0.2, 0.25) is 0 Å². The Kier molecular flexibility index (Phi) is 3.28. The molecule has 1 spiro atoms. The van der Waals surface area contributed by atoms with E-state index in [1.807, 2.05) is 4.90 Å². The van der Waals surface area contributed by atoms with Gasteiger partial charge in [0.15, 0.2) is 11.2 Å². The van der Waals surface area contributed by atoms with Gasteiger partial charge in [0.1, 0.15) is 6.17 Å². The van der Waals surface area contributed by atoms with Crippen molar-refractivity contribution in [3.8, 4) is 0 Å². The Balaban J connectivity index is 1.76. The quantitative estimate of drug-likeness (QED) is 0.792. The van der Waals surface area contributed by atoms with Crippen LogP contribution in [0, 0.1) is 25.1 Å². The number of aryl methyl sites for hydroxylation is 2. The molecule has 2 aromatic rings. The molecule has 1 saturated heterocycles. The maximum absolute atomic E-state index is 15.3. The number of fused-ring (bicyclic) bond motifs is 1. The van der Waals surface area contributed by atoms with E-state index in [-0.39, 0.29) is 34.0 Å². The summed E-state index contributed by atoms with van der Waals surface area (Å²) < 4.78 is 31.0. The van der Waals surface area contributed by atoms with Crippen LogP contribution in [0.3, 0.4) is 0 Å². The minimum atomic E-state index is -0.941. The van der Waals surface area contributed by atoms with Crippen molar-refractivity contribution in [2.45, 2.75) is 51.4 Å². The van der Waals surface area contributed by atoms with Crippen LogP contribution in [-0.4, -0.2) is 29.9 Å². The third kappa shape index (κ3) is 2.21. The van der Waals surface area contributed by atoms with Crippen molar-refractivity contribution in [3.63, 3.8) is 0 Å². The lowest BCUT2D eigenvalue weighted by molar-refractivity contribution is 0.444. The number of nitrogens with zero attached hydrogens (tertiary/aromatic N) is 2. The first-order valence-corrected chi connectivity index (χ1v) is 9.53. The molecule has 7 heteroatoms. The summed E-state index contributed by atoms with van der Waals surface area (Å²) in [4.78, 5) is 14.7. The zero-order valence-corrected chi connectivity index (χ0v) is 15.6. The van der Waals surface area contributed by atoms with Crippen molar-refractivity contribution in [1.29, 1.82) is 0 Å². The molecule has 144 valence electrons. The zero-order valence-electron chi connectivity index (χ0n) is 15.6. The number of alkyl halides is 1. The summed E-state index contributed by atoms with van der Waals surface area (Å²) >= 11 is 0. The molecule has 2 heterocycles. The predicted octanol–water partition coefficient (Wildman–Crippen LogP) is 2.55. The molecule has 0 bridgehead atoms. The number of rotatable bonds is 2. The number of halogens is 2. The van der Waals surface area contributed by atoms with Gasteiger partial charge >= 0.3 is 0 Å².